The van der Waals surface area contributed by atoms with Gasteiger partial charge >= 0.3 is 0 Å². The fourth-order valence-corrected chi connectivity index (χ4v) is 5.56. The molecule has 1 atom stereocenters. The van der Waals surface area contributed by atoms with Gasteiger partial charge in [0.2, 0.25) is 11.8 Å². The van der Waals surface area contributed by atoms with Crippen LogP contribution < -0.4 is 9.62 Å². The molecule has 9 heteroatoms. The first kappa shape index (κ1) is 27.2. The molecular weight excluding hydrogens is 498 g/mol. The van der Waals surface area contributed by atoms with E-state index >= 15 is 0 Å². The third kappa shape index (κ3) is 6.25. The van der Waals surface area contributed by atoms with E-state index in [1.807, 2.05) is 37.3 Å². The van der Waals surface area contributed by atoms with Gasteiger partial charge in [-0.15, -0.1) is 0 Å². The molecule has 0 bridgehead atoms. The molecule has 0 saturated carbocycles. The van der Waals surface area contributed by atoms with E-state index in [2.05, 4.69) is 5.32 Å². The maximum Gasteiger partial charge on any atom is 0.264 e. The van der Waals surface area contributed by atoms with Gasteiger partial charge < -0.3 is 10.2 Å². The van der Waals surface area contributed by atoms with Gasteiger partial charge in [0.15, 0.2) is 0 Å². The van der Waals surface area contributed by atoms with Crippen LogP contribution in [0.1, 0.15) is 24.5 Å². The average molecular weight is 528 g/mol. The Kier molecular flexibility index (Phi) is 9.12. The van der Waals surface area contributed by atoms with Crippen molar-refractivity contribution in [3.8, 4) is 0 Å². The molecule has 0 aromatic heterocycles. The number of nitrogens with one attached hydrogen (secondary N) is 1. The van der Waals surface area contributed by atoms with Crippen LogP contribution in [0.25, 0.3) is 0 Å². The van der Waals surface area contributed by atoms with Crippen LogP contribution in [0, 0.1) is 6.92 Å². The van der Waals surface area contributed by atoms with Gasteiger partial charge in [0, 0.05) is 18.6 Å². The van der Waals surface area contributed by atoms with Gasteiger partial charge in [-0.05, 0) is 54.8 Å². The molecule has 36 heavy (non-hydrogen) atoms. The van der Waals surface area contributed by atoms with Crippen LogP contribution in [-0.4, -0.2) is 44.8 Å². The zero-order valence-electron chi connectivity index (χ0n) is 20.5. The highest BCUT2D eigenvalue weighted by atomic mass is 35.5. The van der Waals surface area contributed by atoms with E-state index in [9.17, 15) is 18.0 Å². The summed E-state index contributed by atoms with van der Waals surface area (Å²) in [7, 11) is -2.61. The number of aryl methyl sites for hydroxylation is 1. The van der Waals surface area contributed by atoms with Crippen LogP contribution in [0.3, 0.4) is 0 Å². The van der Waals surface area contributed by atoms with Gasteiger partial charge in [-0.1, -0.05) is 67.1 Å². The summed E-state index contributed by atoms with van der Waals surface area (Å²) >= 11 is 5.97. The van der Waals surface area contributed by atoms with Crippen LogP contribution in [0.2, 0.25) is 5.02 Å². The monoisotopic (exact) mass is 527 g/mol. The van der Waals surface area contributed by atoms with Crippen LogP contribution in [-0.2, 0) is 26.2 Å². The van der Waals surface area contributed by atoms with Crippen molar-refractivity contribution < 1.29 is 18.0 Å². The van der Waals surface area contributed by atoms with Gasteiger partial charge in [0.1, 0.15) is 12.6 Å². The molecule has 0 aliphatic rings. The molecule has 3 aromatic rings. The zero-order chi connectivity index (χ0) is 26.3. The number of anilines is 1. The first-order chi connectivity index (χ1) is 17.2. The Morgan fingerprint density at radius 1 is 0.944 bits per heavy atom. The quantitative estimate of drug-likeness (QED) is 0.423. The smallest absolute Gasteiger partial charge is 0.264 e. The minimum Gasteiger partial charge on any atom is -0.357 e. The third-order valence-corrected chi connectivity index (χ3v) is 7.92. The summed E-state index contributed by atoms with van der Waals surface area (Å²) in [6.45, 7) is 3.28. The number of hydrogen-bond acceptors (Lipinski definition) is 4. The Labute approximate surface area is 217 Å². The molecule has 3 rings (SSSR count). The number of sulfonamides is 1. The van der Waals surface area contributed by atoms with Crippen molar-refractivity contribution in [3.05, 3.63) is 95.0 Å². The lowest BCUT2D eigenvalue weighted by molar-refractivity contribution is -0.140. The van der Waals surface area contributed by atoms with Gasteiger partial charge in [0.25, 0.3) is 10.0 Å². The molecule has 7 nitrogen and oxygen atoms in total. The summed E-state index contributed by atoms with van der Waals surface area (Å²) in [4.78, 5) is 28.0. The third-order valence-electron chi connectivity index (χ3n) is 5.89. The molecular formula is C27H30ClN3O4S. The van der Waals surface area contributed by atoms with Crippen LogP contribution in [0.15, 0.2) is 83.8 Å². The summed E-state index contributed by atoms with van der Waals surface area (Å²) in [5.41, 5.74) is 1.90. The fourth-order valence-electron chi connectivity index (χ4n) is 3.96. The zero-order valence-corrected chi connectivity index (χ0v) is 22.1. The van der Waals surface area contributed by atoms with Crippen molar-refractivity contribution in [1.29, 1.82) is 0 Å². The number of amides is 2. The summed E-state index contributed by atoms with van der Waals surface area (Å²) < 4.78 is 28.6. The fraction of sp³-hybridized carbons (Fsp3) is 0.259. The Morgan fingerprint density at radius 3 is 2.14 bits per heavy atom. The largest absolute Gasteiger partial charge is 0.357 e. The number of likely N-dealkylation sites (N-methyl/N-ethyl adjacent to an activating group) is 1. The molecule has 0 unspecified atom stereocenters. The van der Waals surface area contributed by atoms with Crippen molar-refractivity contribution in [2.75, 3.05) is 17.9 Å². The topological polar surface area (TPSA) is 86.8 Å². The van der Waals surface area contributed by atoms with Crippen molar-refractivity contribution in [2.24, 2.45) is 0 Å². The second-order valence-electron chi connectivity index (χ2n) is 8.30. The number of hydrogen-bond donors (Lipinski definition) is 1. The molecule has 0 aliphatic carbocycles. The summed E-state index contributed by atoms with van der Waals surface area (Å²) in [5.74, 6) is -0.806. The normalized spacial score (nSPS) is 12.0. The Morgan fingerprint density at radius 2 is 1.56 bits per heavy atom. The lowest BCUT2D eigenvalue weighted by Crippen LogP contribution is -2.51. The Balaban J connectivity index is 2.06. The number of rotatable bonds is 10. The summed E-state index contributed by atoms with van der Waals surface area (Å²) in [6, 6.07) is 21.3. The van der Waals surface area contributed by atoms with Gasteiger partial charge in [-0.3, -0.25) is 13.9 Å². The highest BCUT2D eigenvalue weighted by Crippen LogP contribution is 2.28. The van der Waals surface area contributed by atoms with Crippen LogP contribution in [0.5, 0.6) is 0 Å². The molecule has 2 amide bonds. The van der Waals surface area contributed by atoms with Crippen molar-refractivity contribution in [1.82, 2.24) is 10.2 Å². The molecule has 0 radical (unpaired) electrons. The van der Waals surface area contributed by atoms with E-state index in [-0.39, 0.29) is 17.3 Å². The Hall–Kier alpha value is -3.36. The number of carbonyl (C=O) groups is 2. The SMILES string of the molecule is CC[C@H](C(=O)NC)N(Cc1ccccc1)C(=O)CN(c1ccccc1C)S(=O)(=O)c1ccc(Cl)cc1. The van der Waals surface area contributed by atoms with Gasteiger partial charge in [-0.25, -0.2) is 8.42 Å². The molecule has 0 saturated heterocycles. The number of benzene rings is 3. The van der Waals surface area contributed by atoms with E-state index < -0.39 is 28.5 Å². The van der Waals surface area contributed by atoms with E-state index in [4.69, 9.17) is 11.6 Å². The van der Waals surface area contributed by atoms with E-state index in [1.54, 1.807) is 31.2 Å². The first-order valence-electron chi connectivity index (χ1n) is 11.6. The minimum atomic E-state index is -4.13. The highest BCUT2D eigenvalue weighted by molar-refractivity contribution is 7.92. The molecule has 0 fully saturated rings. The average Bonchev–Trinajstić information content (AvgIpc) is 2.88. The van der Waals surface area contributed by atoms with E-state index in [1.165, 1.54) is 36.2 Å². The lowest BCUT2D eigenvalue weighted by Gasteiger charge is -2.33. The van der Waals surface area contributed by atoms with E-state index in [0.717, 1.165) is 9.87 Å². The molecule has 1 N–H and O–H groups in total. The predicted molar refractivity (Wildman–Crippen MR) is 142 cm³/mol. The first-order valence-corrected chi connectivity index (χ1v) is 13.4. The second kappa shape index (κ2) is 12.1. The van der Waals surface area contributed by atoms with Crippen molar-refractivity contribution >= 4 is 39.1 Å². The number of para-hydroxylation sites is 1. The maximum absolute atomic E-state index is 13.8. The standard InChI is InChI=1S/C27H30ClN3O4S/c1-4-24(27(33)29-3)30(18-21-11-6-5-7-12-21)26(32)19-31(25-13-9-8-10-20(25)2)36(34,35)23-16-14-22(28)15-17-23/h5-17,24H,4,18-19H2,1-3H3,(H,29,33)/t24-/m1/s1. The maximum atomic E-state index is 13.8. The molecule has 0 aliphatic heterocycles. The van der Waals surface area contributed by atoms with Crippen LogP contribution in [0.4, 0.5) is 5.69 Å². The van der Waals surface area contributed by atoms with Gasteiger partial charge in [-0.2, -0.15) is 0 Å². The lowest BCUT2D eigenvalue weighted by atomic mass is 10.1. The summed E-state index contributed by atoms with van der Waals surface area (Å²) in [6.07, 6.45) is 0.368. The minimum absolute atomic E-state index is 0.0101. The number of halogens is 1. The van der Waals surface area contributed by atoms with Crippen LogP contribution >= 0.6 is 11.6 Å². The highest BCUT2D eigenvalue weighted by Gasteiger charge is 2.33. The molecule has 0 spiro atoms. The number of carbonyl (C=O) groups excluding carboxylic acids is 2. The summed E-state index contributed by atoms with van der Waals surface area (Å²) in [5, 5.41) is 3.02. The Bertz CT molecular complexity index is 1300. The van der Waals surface area contributed by atoms with Crippen molar-refractivity contribution in [3.63, 3.8) is 0 Å². The van der Waals surface area contributed by atoms with Gasteiger partial charge in [0.05, 0.1) is 10.6 Å². The molecule has 0 heterocycles. The molecule has 190 valence electrons. The molecule has 3 aromatic carbocycles. The van der Waals surface area contributed by atoms with Crippen molar-refractivity contribution in [2.45, 2.75) is 37.8 Å². The van der Waals surface area contributed by atoms with E-state index in [0.29, 0.717) is 22.7 Å². The second-order valence-corrected chi connectivity index (χ2v) is 10.6. The predicted octanol–water partition coefficient (Wildman–Crippen LogP) is 4.40. The number of nitrogens with zero attached hydrogens (tertiary/aromatic N) is 2.